The second-order valence-corrected chi connectivity index (χ2v) is 5.91. The normalized spacial score (nSPS) is 10.6. The van der Waals surface area contributed by atoms with E-state index in [9.17, 15) is 4.79 Å². The molecule has 0 amide bonds. The molecule has 78 valence electrons. The summed E-state index contributed by atoms with van der Waals surface area (Å²) in [6.07, 6.45) is 0. The van der Waals surface area contributed by atoms with Crippen LogP contribution in [0.4, 0.5) is 0 Å². The maximum absolute atomic E-state index is 12.1. The van der Waals surface area contributed by atoms with E-state index >= 15 is 0 Å². The summed E-state index contributed by atoms with van der Waals surface area (Å²) in [6.45, 7) is 3.79. The summed E-state index contributed by atoms with van der Waals surface area (Å²) in [5.74, 6) is 0.0613. The van der Waals surface area contributed by atoms with Gasteiger partial charge in [-0.1, -0.05) is 0 Å². The molecule has 0 atom stereocenters. The Morgan fingerprint density at radius 3 is 2.60 bits per heavy atom. The van der Waals surface area contributed by atoms with Crippen LogP contribution in [-0.2, 0) is 0 Å². The molecule has 2 rings (SSSR count). The van der Waals surface area contributed by atoms with Crippen molar-refractivity contribution < 1.29 is 4.79 Å². The van der Waals surface area contributed by atoms with Gasteiger partial charge in [-0.3, -0.25) is 4.79 Å². The van der Waals surface area contributed by atoms with Crippen molar-refractivity contribution in [2.75, 3.05) is 0 Å². The zero-order valence-electron chi connectivity index (χ0n) is 8.20. The summed E-state index contributed by atoms with van der Waals surface area (Å²) in [7, 11) is 0. The fraction of sp³-hybridized carbons (Fsp3) is 0.200. The molecule has 0 saturated heterocycles. The van der Waals surface area contributed by atoms with Gasteiger partial charge in [-0.2, -0.15) is 11.3 Å². The second-order valence-electron chi connectivity index (χ2n) is 3.11. The van der Waals surface area contributed by atoms with Gasteiger partial charge in [-0.25, -0.2) is 4.98 Å². The van der Waals surface area contributed by atoms with Crippen LogP contribution in [0.1, 0.15) is 25.9 Å². The minimum absolute atomic E-state index is 0.0613. The molecule has 2 nitrogen and oxygen atoms in total. The van der Waals surface area contributed by atoms with E-state index in [-0.39, 0.29) is 5.78 Å². The molecule has 0 N–H and O–H groups in total. The van der Waals surface area contributed by atoms with Crippen LogP contribution >= 0.6 is 38.6 Å². The zero-order chi connectivity index (χ0) is 11.0. The molecule has 0 aliphatic heterocycles. The molecule has 0 spiro atoms. The molecule has 5 heteroatoms. The number of carbonyl (C=O) groups excluding carboxylic acids is 1. The third-order valence-corrected chi connectivity index (χ3v) is 4.74. The van der Waals surface area contributed by atoms with Gasteiger partial charge in [0.05, 0.1) is 15.6 Å². The van der Waals surface area contributed by atoms with Crippen molar-refractivity contribution in [3.8, 4) is 0 Å². The van der Waals surface area contributed by atoms with Gasteiger partial charge in [0.2, 0.25) is 5.78 Å². The van der Waals surface area contributed by atoms with Crippen molar-refractivity contribution in [1.82, 2.24) is 4.98 Å². The number of aromatic nitrogens is 1. The van der Waals surface area contributed by atoms with Crippen LogP contribution in [0, 0.1) is 13.8 Å². The summed E-state index contributed by atoms with van der Waals surface area (Å²) in [5, 5.41) is 4.71. The SMILES string of the molecule is Cc1nc(C)c(C(=O)c2cscc2Br)s1. The van der Waals surface area contributed by atoms with Gasteiger partial charge in [0.25, 0.3) is 0 Å². The van der Waals surface area contributed by atoms with E-state index in [1.54, 1.807) is 0 Å². The highest BCUT2D eigenvalue weighted by molar-refractivity contribution is 9.10. The van der Waals surface area contributed by atoms with E-state index in [4.69, 9.17) is 0 Å². The monoisotopic (exact) mass is 301 g/mol. The van der Waals surface area contributed by atoms with Gasteiger partial charge in [-0.05, 0) is 29.8 Å². The molecule has 0 unspecified atom stereocenters. The van der Waals surface area contributed by atoms with Gasteiger partial charge in [-0.15, -0.1) is 11.3 Å². The van der Waals surface area contributed by atoms with Crippen molar-refractivity contribution in [1.29, 1.82) is 0 Å². The molecule has 0 aliphatic carbocycles. The van der Waals surface area contributed by atoms with E-state index in [1.165, 1.54) is 22.7 Å². The van der Waals surface area contributed by atoms with Crippen molar-refractivity contribution >= 4 is 44.4 Å². The van der Waals surface area contributed by atoms with E-state index in [0.29, 0.717) is 0 Å². The smallest absolute Gasteiger partial charge is 0.206 e. The molecule has 2 aromatic rings. The molecule has 0 radical (unpaired) electrons. The van der Waals surface area contributed by atoms with Gasteiger partial charge < -0.3 is 0 Å². The molecular formula is C10H8BrNOS2. The van der Waals surface area contributed by atoms with E-state index in [0.717, 1.165) is 25.6 Å². The number of halogens is 1. The summed E-state index contributed by atoms with van der Waals surface area (Å²) >= 11 is 6.34. The van der Waals surface area contributed by atoms with Crippen LogP contribution in [0.25, 0.3) is 0 Å². The Labute approximate surface area is 104 Å². The Bertz CT molecular complexity index is 515. The summed E-state index contributed by atoms with van der Waals surface area (Å²) in [6, 6.07) is 0. The number of hydrogen-bond acceptors (Lipinski definition) is 4. The number of hydrogen-bond donors (Lipinski definition) is 0. The highest BCUT2D eigenvalue weighted by Gasteiger charge is 2.18. The Morgan fingerprint density at radius 1 is 1.40 bits per heavy atom. The first-order valence-electron chi connectivity index (χ1n) is 4.30. The minimum atomic E-state index is 0.0613. The van der Waals surface area contributed by atoms with Crippen molar-refractivity contribution in [3.63, 3.8) is 0 Å². The third-order valence-electron chi connectivity index (χ3n) is 1.97. The summed E-state index contributed by atoms with van der Waals surface area (Å²) in [5.41, 5.74) is 1.55. The second kappa shape index (κ2) is 4.15. The number of thiazole rings is 1. The lowest BCUT2D eigenvalue weighted by molar-refractivity contribution is 0.104. The van der Waals surface area contributed by atoms with E-state index < -0.39 is 0 Å². The molecular weight excluding hydrogens is 294 g/mol. The number of nitrogens with zero attached hydrogens (tertiary/aromatic N) is 1. The molecule has 2 heterocycles. The Hall–Kier alpha value is -0.520. The topological polar surface area (TPSA) is 30.0 Å². The Morgan fingerprint density at radius 2 is 2.13 bits per heavy atom. The van der Waals surface area contributed by atoms with Crippen LogP contribution in [0.5, 0.6) is 0 Å². The third kappa shape index (κ3) is 2.04. The molecule has 0 saturated carbocycles. The first-order chi connectivity index (χ1) is 7.09. The van der Waals surface area contributed by atoms with E-state index in [2.05, 4.69) is 20.9 Å². The van der Waals surface area contributed by atoms with Gasteiger partial charge in [0.1, 0.15) is 0 Å². The number of ketones is 1. The molecule has 0 bridgehead atoms. The minimum Gasteiger partial charge on any atom is -0.288 e. The maximum atomic E-state index is 12.1. The molecule has 0 aliphatic rings. The van der Waals surface area contributed by atoms with E-state index in [1.807, 2.05) is 24.6 Å². The predicted octanol–water partition coefficient (Wildman–Crippen LogP) is 3.81. The molecule has 0 aromatic carbocycles. The quantitative estimate of drug-likeness (QED) is 0.790. The van der Waals surface area contributed by atoms with Crippen LogP contribution in [-0.4, -0.2) is 10.8 Å². The number of thiophene rings is 1. The van der Waals surface area contributed by atoms with Gasteiger partial charge in [0, 0.05) is 20.8 Å². The van der Waals surface area contributed by atoms with Gasteiger partial charge >= 0.3 is 0 Å². The number of rotatable bonds is 2. The van der Waals surface area contributed by atoms with Crippen LogP contribution < -0.4 is 0 Å². The zero-order valence-corrected chi connectivity index (χ0v) is 11.4. The highest BCUT2D eigenvalue weighted by Crippen LogP contribution is 2.27. The standard InChI is InChI=1S/C10H8BrNOS2/c1-5-10(15-6(2)12-5)9(13)7-3-14-4-8(7)11/h3-4H,1-2H3. The van der Waals surface area contributed by atoms with Gasteiger partial charge in [0.15, 0.2) is 0 Å². The summed E-state index contributed by atoms with van der Waals surface area (Å²) in [4.78, 5) is 17.1. The highest BCUT2D eigenvalue weighted by atomic mass is 79.9. The molecule has 15 heavy (non-hydrogen) atoms. The summed E-state index contributed by atoms with van der Waals surface area (Å²) < 4.78 is 0.864. The first-order valence-corrected chi connectivity index (χ1v) is 6.85. The number of carbonyl (C=O) groups is 1. The Kier molecular flexibility index (Phi) is 3.04. The molecule has 0 fully saturated rings. The largest absolute Gasteiger partial charge is 0.288 e. The average Bonchev–Trinajstić information content (AvgIpc) is 2.71. The lowest BCUT2D eigenvalue weighted by Gasteiger charge is -1.95. The fourth-order valence-corrected chi connectivity index (χ4v) is 3.64. The first kappa shape index (κ1) is 11.0. The van der Waals surface area contributed by atoms with Crippen LogP contribution in [0.15, 0.2) is 15.2 Å². The van der Waals surface area contributed by atoms with Crippen molar-refractivity contribution in [3.05, 3.63) is 36.4 Å². The lowest BCUT2D eigenvalue weighted by Crippen LogP contribution is -1.99. The molecule has 2 aromatic heterocycles. The Balaban J connectivity index is 2.45. The lowest BCUT2D eigenvalue weighted by atomic mass is 10.2. The van der Waals surface area contributed by atoms with Crippen molar-refractivity contribution in [2.24, 2.45) is 0 Å². The number of aryl methyl sites for hydroxylation is 2. The average molecular weight is 302 g/mol. The fourth-order valence-electron chi connectivity index (χ4n) is 1.31. The predicted molar refractivity (Wildman–Crippen MR) is 67.0 cm³/mol. The van der Waals surface area contributed by atoms with Crippen LogP contribution in [0.3, 0.4) is 0 Å². The van der Waals surface area contributed by atoms with Crippen LogP contribution in [0.2, 0.25) is 0 Å². The van der Waals surface area contributed by atoms with Crippen molar-refractivity contribution in [2.45, 2.75) is 13.8 Å². The maximum Gasteiger partial charge on any atom is 0.206 e.